The standard InChI is InChI=1S/C35H55N2O7PS/c1-7-10-21-45(22-11-8-2,23-12-9-3)32(34(41)44-35(4,5)6)37-31(40)30(33(37)46-25-27(38)28-19-16-20-42-28)36-29(39)24-43-26-17-14-13-15-18-26/h13-15,17-18,28,30,33H,7-12,16,19-25H2,1-6H3,(H,36,39)/t28?,30-,33-/m1/s1. The predicted octanol–water partition coefficient (Wildman–Crippen LogP) is 6.09. The summed E-state index contributed by atoms with van der Waals surface area (Å²) in [5, 5.41) is 2.23. The molecule has 9 nitrogen and oxygen atoms in total. The maximum Gasteiger partial charge on any atom is 0.355 e. The lowest BCUT2D eigenvalue weighted by atomic mass is 10.1. The van der Waals surface area contributed by atoms with Crippen LogP contribution in [0.15, 0.2) is 30.3 Å². The second-order valence-electron chi connectivity index (χ2n) is 13.2. The van der Waals surface area contributed by atoms with Gasteiger partial charge in [-0.25, -0.2) is 4.79 Å². The molecule has 0 aliphatic carbocycles. The van der Waals surface area contributed by atoms with E-state index in [1.165, 1.54) is 11.8 Å². The van der Waals surface area contributed by atoms with E-state index in [0.29, 0.717) is 24.2 Å². The van der Waals surface area contributed by atoms with Gasteiger partial charge in [0.05, 0.1) is 5.75 Å². The Labute approximate surface area is 280 Å². The Morgan fingerprint density at radius 2 is 1.61 bits per heavy atom. The number of nitrogens with zero attached hydrogens (tertiary/aromatic N) is 1. The van der Waals surface area contributed by atoms with Gasteiger partial charge in [0, 0.05) is 6.61 Å². The number of ether oxygens (including phenoxy) is 3. The van der Waals surface area contributed by atoms with Crippen LogP contribution in [0.2, 0.25) is 0 Å². The van der Waals surface area contributed by atoms with Gasteiger partial charge < -0.3 is 19.5 Å². The van der Waals surface area contributed by atoms with Crippen LogP contribution < -0.4 is 10.1 Å². The van der Waals surface area contributed by atoms with Crippen LogP contribution in [-0.4, -0.2) is 94.5 Å². The zero-order valence-corrected chi connectivity index (χ0v) is 30.4. The van der Waals surface area contributed by atoms with Crippen LogP contribution >= 0.6 is 18.6 Å². The van der Waals surface area contributed by atoms with Crippen molar-refractivity contribution in [3.8, 4) is 5.75 Å². The van der Waals surface area contributed by atoms with E-state index in [9.17, 15) is 19.2 Å². The summed E-state index contributed by atoms with van der Waals surface area (Å²) in [7, 11) is 0. The van der Waals surface area contributed by atoms with Crippen molar-refractivity contribution in [1.29, 1.82) is 0 Å². The van der Waals surface area contributed by atoms with Crippen LogP contribution in [0.4, 0.5) is 0 Å². The number of Topliss-reactive ketones (excluding diaryl/α,β-unsaturated/α-hetero) is 1. The second kappa shape index (κ2) is 18.3. The van der Waals surface area contributed by atoms with E-state index in [-0.39, 0.29) is 24.1 Å². The summed E-state index contributed by atoms with van der Waals surface area (Å²) in [6.45, 7) is 10.1. The maximum atomic E-state index is 14.3. The lowest BCUT2D eigenvalue weighted by Gasteiger charge is -2.49. The number of likely N-dealkylation sites (tertiary alicyclic amines) is 1. The number of para-hydroxylation sites is 1. The molecule has 0 radical (unpaired) electrons. The monoisotopic (exact) mass is 678 g/mol. The second-order valence-corrected chi connectivity index (χ2v) is 18.4. The Morgan fingerprint density at radius 1 is 1.00 bits per heavy atom. The molecule has 0 spiro atoms. The SMILES string of the molecule is CCCCP(CCCC)(CCCC)=C(C(=O)OC(C)(C)C)N1C(=O)[C@@H](NC(=O)COc2ccccc2)[C@H]1SCC(=O)C1CCCO1. The van der Waals surface area contributed by atoms with Gasteiger partial charge in [-0.2, -0.15) is 0 Å². The fraction of sp³-hybridized carbons (Fsp3) is 0.686. The lowest BCUT2D eigenvalue weighted by molar-refractivity contribution is -0.151. The highest BCUT2D eigenvalue weighted by atomic mass is 32.2. The van der Waals surface area contributed by atoms with Crippen LogP contribution in [0.25, 0.3) is 0 Å². The van der Waals surface area contributed by atoms with Crippen molar-refractivity contribution in [2.24, 2.45) is 0 Å². The third-order valence-electron chi connectivity index (χ3n) is 8.24. The molecule has 0 aromatic heterocycles. The van der Waals surface area contributed by atoms with Crippen molar-refractivity contribution in [3.63, 3.8) is 0 Å². The number of carbonyl (C=O) groups excluding carboxylic acids is 4. The van der Waals surface area contributed by atoms with E-state index >= 15 is 0 Å². The van der Waals surface area contributed by atoms with Gasteiger partial charge in [-0.05, 0) is 83.5 Å². The molecule has 1 aromatic carbocycles. The number of rotatable bonds is 19. The van der Waals surface area contributed by atoms with Crippen molar-refractivity contribution in [1.82, 2.24) is 10.2 Å². The van der Waals surface area contributed by atoms with Gasteiger partial charge in [0.2, 0.25) is 0 Å². The summed E-state index contributed by atoms with van der Waals surface area (Å²) in [5.74, 6) is -0.624. The number of carbonyl (C=O) groups is 4. The van der Waals surface area contributed by atoms with E-state index in [4.69, 9.17) is 14.2 Å². The lowest BCUT2D eigenvalue weighted by Crippen LogP contribution is -2.72. The number of hydrogen-bond donors (Lipinski definition) is 1. The van der Waals surface area contributed by atoms with Crippen molar-refractivity contribution in [2.75, 3.05) is 37.5 Å². The molecule has 2 saturated heterocycles. The summed E-state index contributed by atoms with van der Waals surface area (Å²) in [4.78, 5) is 56.3. The Hall–Kier alpha value is -2.29. The van der Waals surface area contributed by atoms with Gasteiger partial charge in [-0.1, -0.05) is 65.1 Å². The summed E-state index contributed by atoms with van der Waals surface area (Å²) < 4.78 is 17.3. The van der Waals surface area contributed by atoms with E-state index in [1.807, 2.05) is 39.0 Å². The first-order valence-corrected chi connectivity index (χ1v) is 20.4. The molecular weight excluding hydrogens is 623 g/mol. The van der Waals surface area contributed by atoms with Gasteiger partial charge in [-0.15, -0.1) is 11.8 Å². The Morgan fingerprint density at radius 3 is 2.13 bits per heavy atom. The smallest absolute Gasteiger partial charge is 0.355 e. The topological polar surface area (TPSA) is 111 Å². The fourth-order valence-corrected chi connectivity index (χ4v) is 12.4. The molecule has 3 atom stereocenters. The van der Waals surface area contributed by atoms with Crippen LogP contribution in [0, 0.1) is 0 Å². The molecule has 2 amide bonds. The van der Waals surface area contributed by atoms with Crippen LogP contribution in [0.5, 0.6) is 5.75 Å². The number of hydrogen-bond acceptors (Lipinski definition) is 8. The average molecular weight is 679 g/mol. The molecule has 1 aromatic rings. The number of amides is 2. The predicted molar refractivity (Wildman–Crippen MR) is 188 cm³/mol. The highest BCUT2D eigenvalue weighted by Crippen LogP contribution is 2.54. The first-order valence-electron chi connectivity index (χ1n) is 17.0. The minimum atomic E-state index is -2.19. The number of nitrogens with one attached hydrogen (secondary N) is 1. The summed E-state index contributed by atoms with van der Waals surface area (Å²) in [6.07, 6.45) is 9.40. The van der Waals surface area contributed by atoms with Crippen molar-refractivity contribution in [3.05, 3.63) is 30.3 Å². The molecule has 11 heteroatoms. The quantitative estimate of drug-likeness (QED) is 0.106. The molecule has 3 rings (SSSR count). The van der Waals surface area contributed by atoms with Crippen molar-refractivity contribution in [2.45, 2.75) is 116 Å². The van der Waals surface area contributed by atoms with Crippen LogP contribution in [-0.2, 0) is 28.7 Å². The zero-order valence-electron chi connectivity index (χ0n) is 28.7. The molecule has 258 valence electrons. The van der Waals surface area contributed by atoms with Crippen molar-refractivity contribution >= 4 is 47.6 Å². The van der Waals surface area contributed by atoms with E-state index in [1.54, 1.807) is 17.0 Å². The number of benzene rings is 1. The third-order valence-corrected chi connectivity index (χ3v) is 14.3. The van der Waals surface area contributed by atoms with Gasteiger partial charge in [0.15, 0.2) is 12.4 Å². The van der Waals surface area contributed by atoms with Gasteiger partial charge in [0.1, 0.15) is 34.3 Å². The van der Waals surface area contributed by atoms with E-state index in [0.717, 1.165) is 63.4 Å². The molecule has 0 saturated carbocycles. The average Bonchev–Trinajstić information content (AvgIpc) is 3.57. The first kappa shape index (κ1) is 38.2. The summed E-state index contributed by atoms with van der Waals surface area (Å²) in [6, 6.07) is 8.10. The highest BCUT2D eigenvalue weighted by Gasteiger charge is 2.54. The molecule has 2 aliphatic heterocycles. The normalized spacial score (nSPS) is 19.8. The fourth-order valence-electron chi connectivity index (χ4n) is 5.85. The molecule has 2 heterocycles. The maximum absolute atomic E-state index is 14.3. The Kier molecular flexibility index (Phi) is 15.2. The minimum Gasteiger partial charge on any atom is -0.484 e. The molecular formula is C35H55N2O7PS. The van der Waals surface area contributed by atoms with E-state index < -0.39 is 41.9 Å². The number of β-lactam (4-membered cyclic amide) rings is 1. The van der Waals surface area contributed by atoms with E-state index in [2.05, 4.69) is 26.1 Å². The Balaban J connectivity index is 2.04. The van der Waals surface area contributed by atoms with Crippen molar-refractivity contribution < 1.29 is 33.4 Å². The third kappa shape index (κ3) is 10.6. The molecule has 1 unspecified atom stereocenters. The number of esters is 1. The number of unbranched alkanes of at least 4 members (excludes halogenated alkanes) is 3. The highest BCUT2D eigenvalue weighted by molar-refractivity contribution is 8.00. The summed E-state index contributed by atoms with van der Waals surface area (Å²) >= 11 is 1.30. The van der Waals surface area contributed by atoms with Gasteiger partial charge in [0.25, 0.3) is 11.8 Å². The molecule has 2 aliphatic rings. The number of thioether (sulfide) groups is 1. The van der Waals surface area contributed by atoms with Gasteiger partial charge in [-0.3, -0.25) is 19.3 Å². The van der Waals surface area contributed by atoms with Crippen LogP contribution in [0.3, 0.4) is 0 Å². The Bertz CT molecular complexity index is 1200. The molecule has 2 fully saturated rings. The largest absolute Gasteiger partial charge is 0.484 e. The van der Waals surface area contributed by atoms with Gasteiger partial charge >= 0.3 is 5.97 Å². The molecule has 46 heavy (non-hydrogen) atoms. The zero-order chi connectivity index (χ0) is 33.7. The van der Waals surface area contributed by atoms with Crippen LogP contribution in [0.1, 0.15) is 92.9 Å². The first-order chi connectivity index (χ1) is 22.0. The molecule has 1 N–H and O–H groups in total. The minimum absolute atomic E-state index is 0.0397. The molecule has 0 bridgehead atoms. The number of ketones is 1. The summed E-state index contributed by atoms with van der Waals surface area (Å²) in [5.41, 5.74) is -0.275.